The first kappa shape index (κ1) is 10.3. The molecule has 0 N–H and O–H groups in total. The third-order valence-corrected chi connectivity index (χ3v) is 1.78. The van der Waals surface area contributed by atoms with Crippen LogP contribution in [0.5, 0.6) is 5.75 Å². The summed E-state index contributed by atoms with van der Waals surface area (Å²) in [5.41, 5.74) is 0.790. The lowest BCUT2D eigenvalue weighted by Crippen LogP contribution is -2.07. The van der Waals surface area contributed by atoms with Crippen molar-refractivity contribution in [1.82, 2.24) is 0 Å². The third-order valence-electron chi connectivity index (χ3n) is 1.50. The molecule has 0 aliphatic rings. The van der Waals surface area contributed by atoms with Crippen LogP contribution in [0.1, 0.15) is 19.4 Å². The Hall–Kier alpha value is -0.760. The van der Waals surface area contributed by atoms with Crippen molar-refractivity contribution in [3.8, 4) is 5.75 Å². The van der Waals surface area contributed by atoms with Gasteiger partial charge in [-0.2, -0.15) is 0 Å². The summed E-state index contributed by atoms with van der Waals surface area (Å²) in [6, 6.07) is 3.09. The van der Waals surface area contributed by atoms with Crippen LogP contribution in [-0.4, -0.2) is 6.10 Å². The van der Waals surface area contributed by atoms with Gasteiger partial charge < -0.3 is 4.74 Å². The molecular formula is C10H12ClFO. The van der Waals surface area contributed by atoms with Crippen LogP contribution in [-0.2, 0) is 0 Å². The largest absolute Gasteiger partial charge is 0.486 e. The molecule has 0 unspecified atom stereocenters. The van der Waals surface area contributed by atoms with Crippen LogP contribution in [0.4, 0.5) is 4.39 Å². The number of aryl methyl sites for hydroxylation is 1. The number of rotatable bonds is 2. The summed E-state index contributed by atoms with van der Waals surface area (Å²) in [5, 5.41) is 0.325. The molecule has 1 nitrogen and oxygen atoms in total. The van der Waals surface area contributed by atoms with Gasteiger partial charge in [0.2, 0.25) is 0 Å². The maximum absolute atomic E-state index is 13.3. The molecule has 13 heavy (non-hydrogen) atoms. The van der Waals surface area contributed by atoms with Crippen LogP contribution in [0, 0.1) is 12.7 Å². The summed E-state index contributed by atoms with van der Waals surface area (Å²) in [7, 11) is 0. The first-order chi connectivity index (χ1) is 6.00. The van der Waals surface area contributed by atoms with Gasteiger partial charge in [-0.15, -0.1) is 0 Å². The zero-order valence-corrected chi connectivity index (χ0v) is 8.65. The van der Waals surface area contributed by atoms with Crippen molar-refractivity contribution in [2.45, 2.75) is 26.9 Å². The third kappa shape index (κ3) is 2.59. The topological polar surface area (TPSA) is 9.23 Å². The maximum atomic E-state index is 13.3. The van der Waals surface area contributed by atoms with Crippen LogP contribution in [0.15, 0.2) is 12.1 Å². The van der Waals surface area contributed by atoms with Gasteiger partial charge in [0.15, 0.2) is 11.6 Å². The van der Waals surface area contributed by atoms with Gasteiger partial charge in [-0.3, -0.25) is 0 Å². The van der Waals surface area contributed by atoms with E-state index in [-0.39, 0.29) is 11.9 Å². The molecule has 0 spiro atoms. The molecule has 0 fully saturated rings. The fraction of sp³-hybridized carbons (Fsp3) is 0.400. The number of ether oxygens (including phenoxy) is 1. The Balaban J connectivity index is 3.06. The van der Waals surface area contributed by atoms with E-state index in [4.69, 9.17) is 16.3 Å². The molecule has 0 radical (unpaired) electrons. The van der Waals surface area contributed by atoms with E-state index in [9.17, 15) is 4.39 Å². The molecule has 0 amide bonds. The number of benzene rings is 1. The molecular weight excluding hydrogens is 191 g/mol. The summed E-state index contributed by atoms with van der Waals surface area (Å²) in [6.45, 7) is 5.44. The van der Waals surface area contributed by atoms with Crippen LogP contribution in [0.3, 0.4) is 0 Å². The van der Waals surface area contributed by atoms with Crippen molar-refractivity contribution in [2.75, 3.05) is 0 Å². The molecule has 0 saturated carbocycles. The lowest BCUT2D eigenvalue weighted by Gasteiger charge is -2.12. The van der Waals surface area contributed by atoms with Crippen LogP contribution in [0.25, 0.3) is 0 Å². The van der Waals surface area contributed by atoms with E-state index in [0.29, 0.717) is 5.02 Å². The minimum absolute atomic E-state index is 0.0743. The van der Waals surface area contributed by atoms with Crippen molar-refractivity contribution >= 4 is 11.6 Å². The molecule has 1 aromatic carbocycles. The van der Waals surface area contributed by atoms with Crippen molar-refractivity contribution in [3.63, 3.8) is 0 Å². The molecule has 3 heteroatoms. The van der Waals surface area contributed by atoms with Gasteiger partial charge in [-0.05, 0) is 38.5 Å². The fourth-order valence-electron chi connectivity index (χ4n) is 1.03. The predicted octanol–water partition coefficient (Wildman–Crippen LogP) is 3.57. The number of hydrogen-bond acceptors (Lipinski definition) is 1. The first-order valence-electron chi connectivity index (χ1n) is 4.13. The van der Waals surface area contributed by atoms with Gasteiger partial charge in [0, 0.05) is 0 Å². The molecule has 72 valence electrons. The van der Waals surface area contributed by atoms with Gasteiger partial charge >= 0.3 is 0 Å². The van der Waals surface area contributed by atoms with Crippen LogP contribution < -0.4 is 4.74 Å². The quantitative estimate of drug-likeness (QED) is 0.713. The Morgan fingerprint density at radius 3 is 2.46 bits per heavy atom. The average Bonchev–Trinajstić information content (AvgIpc) is 1.96. The second-order valence-electron chi connectivity index (χ2n) is 3.22. The zero-order valence-electron chi connectivity index (χ0n) is 7.90. The van der Waals surface area contributed by atoms with E-state index in [1.165, 1.54) is 6.07 Å². The van der Waals surface area contributed by atoms with Gasteiger partial charge in [0.1, 0.15) is 0 Å². The van der Waals surface area contributed by atoms with Gasteiger partial charge in [-0.25, -0.2) is 4.39 Å². The lowest BCUT2D eigenvalue weighted by atomic mass is 10.2. The Morgan fingerprint density at radius 1 is 1.38 bits per heavy atom. The molecule has 0 atom stereocenters. The fourth-order valence-corrected chi connectivity index (χ4v) is 1.34. The number of halogens is 2. The summed E-state index contributed by atoms with van der Waals surface area (Å²) in [5.74, 6) is -0.263. The van der Waals surface area contributed by atoms with Crippen LogP contribution in [0.2, 0.25) is 5.02 Å². The summed E-state index contributed by atoms with van der Waals surface area (Å²) in [4.78, 5) is 0. The highest BCUT2D eigenvalue weighted by Crippen LogP contribution is 2.29. The summed E-state index contributed by atoms with van der Waals surface area (Å²) < 4.78 is 18.5. The smallest absolute Gasteiger partial charge is 0.173 e. The second-order valence-corrected chi connectivity index (χ2v) is 3.63. The van der Waals surface area contributed by atoms with Crippen molar-refractivity contribution in [2.24, 2.45) is 0 Å². The molecule has 1 aromatic rings. The molecule has 0 aliphatic heterocycles. The van der Waals surface area contributed by atoms with E-state index in [1.807, 2.05) is 13.8 Å². The van der Waals surface area contributed by atoms with E-state index in [2.05, 4.69) is 0 Å². The van der Waals surface area contributed by atoms with Gasteiger partial charge in [0.05, 0.1) is 11.1 Å². The van der Waals surface area contributed by atoms with E-state index < -0.39 is 5.82 Å². The summed E-state index contributed by atoms with van der Waals surface area (Å²) in [6.07, 6.45) is -0.0743. The van der Waals surface area contributed by atoms with Crippen molar-refractivity contribution in [3.05, 3.63) is 28.5 Å². The Kier molecular flexibility index (Phi) is 3.15. The highest BCUT2D eigenvalue weighted by Gasteiger charge is 2.10. The molecule has 1 rings (SSSR count). The van der Waals surface area contributed by atoms with E-state index >= 15 is 0 Å². The molecule has 0 bridgehead atoms. The second kappa shape index (κ2) is 3.97. The predicted molar refractivity (Wildman–Crippen MR) is 51.9 cm³/mol. The van der Waals surface area contributed by atoms with E-state index in [0.717, 1.165) is 5.56 Å². The Bertz CT molecular complexity index is 287. The highest BCUT2D eigenvalue weighted by atomic mass is 35.5. The van der Waals surface area contributed by atoms with Gasteiger partial charge in [0.25, 0.3) is 0 Å². The lowest BCUT2D eigenvalue weighted by molar-refractivity contribution is 0.231. The maximum Gasteiger partial charge on any atom is 0.173 e. The van der Waals surface area contributed by atoms with E-state index in [1.54, 1.807) is 13.0 Å². The number of hydrogen-bond donors (Lipinski definition) is 0. The monoisotopic (exact) mass is 202 g/mol. The molecule has 0 aliphatic carbocycles. The normalized spacial score (nSPS) is 10.6. The van der Waals surface area contributed by atoms with Crippen LogP contribution >= 0.6 is 11.6 Å². The standard InChI is InChI=1S/C10H12ClFO/c1-6(2)13-10-8(11)4-7(3)5-9(10)12/h4-6H,1-3H3. The minimum Gasteiger partial charge on any atom is -0.486 e. The van der Waals surface area contributed by atoms with Crippen molar-refractivity contribution in [1.29, 1.82) is 0 Å². The Labute approximate surface area is 82.5 Å². The molecule has 0 saturated heterocycles. The average molecular weight is 203 g/mol. The first-order valence-corrected chi connectivity index (χ1v) is 4.51. The zero-order chi connectivity index (χ0) is 10.0. The Morgan fingerprint density at radius 2 is 2.00 bits per heavy atom. The highest BCUT2D eigenvalue weighted by molar-refractivity contribution is 6.32. The summed E-state index contributed by atoms with van der Waals surface area (Å²) >= 11 is 5.81. The molecule has 0 heterocycles. The SMILES string of the molecule is Cc1cc(F)c(OC(C)C)c(Cl)c1. The van der Waals surface area contributed by atoms with Crippen molar-refractivity contribution < 1.29 is 9.13 Å². The van der Waals surface area contributed by atoms with Gasteiger partial charge in [-0.1, -0.05) is 11.6 Å². The minimum atomic E-state index is -0.404. The molecule has 0 aromatic heterocycles.